The number of β-lactam (4-membered cyclic amide) rings is 1. The van der Waals surface area contributed by atoms with Crippen LogP contribution in [0.1, 0.15) is 11.3 Å². The fourth-order valence-electron chi connectivity index (χ4n) is 4.57. The van der Waals surface area contributed by atoms with Crippen LogP contribution in [-0.4, -0.2) is 89.2 Å². The molecule has 2 fully saturated rings. The van der Waals surface area contributed by atoms with Crippen LogP contribution in [0.4, 0.5) is 5.13 Å². The molecule has 2 amide bonds. The topological polar surface area (TPSA) is 229 Å². The maximum atomic E-state index is 13.3. The lowest BCUT2D eigenvalue weighted by Crippen LogP contribution is -2.74. The quantitative estimate of drug-likeness (QED) is 0.0388. The number of pyridine rings is 1. The van der Waals surface area contributed by atoms with E-state index < -0.39 is 40.6 Å². The van der Waals surface area contributed by atoms with E-state index in [0.717, 1.165) is 16.2 Å². The van der Waals surface area contributed by atoms with Crippen molar-refractivity contribution in [1.29, 1.82) is 0 Å². The number of nitrogen functional groups attached to an aromatic ring is 1. The Morgan fingerprint density at radius 2 is 1.96 bits per heavy atom. The molecule has 1 aromatic carbocycles. The number of nitrogens with two attached hydrogens (primary N) is 1. The lowest BCUT2D eigenvalue weighted by atomic mass is 9.89. The van der Waals surface area contributed by atoms with Crippen molar-refractivity contribution in [2.45, 2.75) is 29.5 Å². The number of rotatable bonds is 12. The maximum Gasteiger partial charge on any atom is 0.370 e. The van der Waals surface area contributed by atoms with Crippen LogP contribution in [0.25, 0.3) is 0 Å². The Bertz CT molecular complexity index is 1670. The predicted octanol–water partition coefficient (Wildman–Crippen LogP) is 0.693. The van der Waals surface area contributed by atoms with E-state index in [0.29, 0.717) is 5.56 Å². The molecule has 2 aliphatic rings. The van der Waals surface area contributed by atoms with Gasteiger partial charge in [0.05, 0.1) is 0 Å². The maximum absolute atomic E-state index is 13.3. The number of aromatic nitrogens is 2. The van der Waals surface area contributed by atoms with Crippen molar-refractivity contribution < 1.29 is 49.0 Å². The minimum absolute atomic E-state index is 0.0454. The summed E-state index contributed by atoms with van der Waals surface area (Å²) in [4.78, 5) is 61.4. The van der Waals surface area contributed by atoms with Gasteiger partial charge in [0.1, 0.15) is 29.1 Å². The largest absolute Gasteiger partial charge is 0.504 e. The number of carbonyl (C=O) groups excluding carboxylic acids is 2. The number of nitrogens with one attached hydrogen (secondary N) is 1. The Morgan fingerprint density at radius 1 is 1.20 bits per heavy atom. The Kier molecular flexibility index (Phi) is 9.35. The van der Waals surface area contributed by atoms with Gasteiger partial charge in [-0.3, -0.25) is 14.4 Å². The van der Waals surface area contributed by atoms with Crippen LogP contribution in [0.3, 0.4) is 0 Å². The number of nitrogens with zero attached hydrogens (tertiary/aromatic N) is 4. The van der Waals surface area contributed by atoms with Crippen LogP contribution in [0.5, 0.6) is 11.5 Å². The standard InChI is InChI=1S/C27H26N6O9S3/c28-26-29-16(10-43-26)20(31-42-9-14-1-2-17(34)18(35)7-14)22(38)30-21-23(39)33-11-27(25(40)41,13-45-24(21)33)12-44-15-3-5-32(6-4-15)8-19(36)37/h1-7,10,21,24H,8-9,11-13H2,(H6-,28,29,30,31,34,35,36,37,38,40,41)/p+1/t21?,24-,27?/m1/s1. The first-order chi connectivity index (χ1) is 21.5. The van der Waals surface area contributed by atoms with Gasteiger partial charge in [-0.1, -0.05) is 11.2 Å². The first-order valence-corrected chi connectivity index (χ1v) is 16.1. The molecule has 236 valence electrons. The summed E-state index contributed by atoms with van der Waals surface area (Å²) in [6.45, 7) is -0.393. The minimum Gasteiger partial charge on any atom is -0.504 e. The Morgan fingerprint density at radius 3 is 2.60 bits per heavy atom. The van der Waals surface area contributed by atoms with E-state index >= 15 is 0 Å². The molecule has 2 saturated heterocycles. The summed E-state index contributed by atoms with van der Waals surface area (Å²) in [6.07, 6.45) is 3.20. The first-order valence-electron chi connectivity index (χ1n) is 13.2. The van der Waals surface area contributed by atoms with Gasteiger partial charge in [-0.15, -0.1) is 34.9 Å². The molecule has 7 N–H and O–H groups in total. The molecule has 0 aliphatic carbocycles. The number of aliphatic carboxylic acids is 2. The van der Waals surface area contributed by atoms with Gasteiger partial charge in [0, 0.05) is 40.5 Å². The number of hydrogen-bond acceptors (Lipinski definition) is 13. The summed E-state index contributed by atoms with van der Waals surface area (Å²) in [6, 6.07) is 6.53. The van der Waals surface area contributed by atoms with Crippen LogP contribution < -0.4 is 15.6 Å². The van der Waals surface area contributed by atoms with Crippen molar-refractivity contribution in [3.8, 4) is 11.5 Å². The molecular formula is C27H27N6O9S3+. The number of anilines is 1. The number of phenols is 2. The molecule has 4 heterocycles. The SMILES string of the molecule is Nc1nc(C(=NOCc2ccc(O)c(O)c2)C(=O)NC2C(=O)N3CC(CSc4cc[n+](CC(=O)O)cc4)(C(=O)O)CS[C@H]23)cs1. The molecule has 5 rings (SSSR count). The smallest absolute Gasteiger partial charge is 0.370 e. The Balaban J connectivity index is 1.23. The fraction of sp³-hybridized carbons (Fsp3) is 0.296. The first kappa shape index (κ1) is 31.9. The summed E-state index contributed by atoms with van der Waals surface area (Å²) in [5.74, 6) is -3.51. The zero-order chi connectivity index (χ0) is 32.3. The van der Waals surface area contributed by atoms with Gasteiger partial charge in [-0.05, 0) is 17.7 Å². The predicted molar refractivity (Wildman–Crippen MR) is 163 cm³/mol. The van der Waals surface area contributed by atoms with Gasteiger partial charge >= 0.3 is 11.9 Å². The number of thiazole rings is 1. The number of oxime groups is 1. The molecule has 2 aliphatic heterocycles. The number of thioether (sulfide) groups is 2. The summed E-state index contributed by atoms with van der Waals surface area (Å²) in [7, 11) is 0. The summed E-state index contributed by atoms with van der Waals surface area (Å²) < 4.78 is 1.49. The number of amides is 2. The van der Waals surface area contributed by atoms with Crippen LogP contribution in [0.15, 0.2) is 58.2 Å². The lowest BCUT2D eigenvalue weighted by molar-refractivity contribution is -0.686. The number of hydrogen-bond donors (Lipinski definition) is 6. The number of carboxylic acid groups (broad SMARTS) is 2. The number of phenolic OH excluding ortho intramolecular Hbond substituents is 2. The van der Waals surface area contributed by atoms with E-state index in [9.17, 15) is 34.5 Å². The Labute approximate surface area is 267 Å². The van der Waals surface area contributed by atoms with E-state index in [4.69, 9.17) is 15.7 Å². The third-order valence-electron chi connectivity index (χ3n) is 6.99. The Hall–Kier alpha value is -4.55. The van der Waals surface area contributed by atoms with Gasteiger partial charge in [0.15, 0.2) is 34.7 Å². The number of carboxylic acids is 2. The number of benzene rings is 1. The molecule has 2 aromatic heterocycles. The van der Waals surface area contributed by atoms with Crippen molar-refractivity contribution in [1.82, 2.24) is 15.2 Å². The van der Waals surface area contributed by atoms with Crippen LogP contribution in [0.2, 0.25) is 0 Å². The third-order valence-corrected chi connectivity index (χ3v) is 10.5. The average molecular weight is 676 g/mol. The zero-order valence-electron chi connectivity index (χ0n) is 23.2. The summed E-state index contributed by atoms with van der Waals surface area (Å²) >= 11 is 3.63. The molecule has 18 heteroatoms. The summed E-state index contributed by atoms with van der Waals surface area (Å²) in [5.41, 5.74) is 4.85. The molecule has 3 aromatic rings. The van der Waals surface area contributed by atoms with E-state index in [1.807, 2.05) is 0 Å². The molecule has 15 nitrogen and oxygen atoms in total. The van der Waals surface area contributed by atoms with Crippen LogP contribution >= 0.6 is 34.9 Å². The van der Waals surface area contributed by atoms with Crippen molar-refractivity contribution in [2.24, 2.45) is 10.6 Å². The average Bonchev–Trinajstić information content (AvgIpc) is 3.44. The fourth-order valence-corrected chi connectivity index (χ4v) is 7.86. The minimum atomic E-state index is -1.25. The number of carbonyl (C=O) groups is 4. The van der Waals surface area contributed by atoms with E-state index in [2.05, 4.69) is 15.5 Å². The monoisotopic (exact) mass is 675 g/mol. The van der Waals surface area contributed by atoms with E-state index in [1.165, 1.54) is 56.6 Å². The second-order valence-electron chi connectivity index (χ2n) is 10.2. The third kappa shape index (κ3) is 7.07. The van der Waals surface area contributed by atoms with Gasteiger partial charge in [-0.25, -0.2) is 9.78 Å². The summed E-state index contributed by atoms with van der Waals surface area (Å²) in [5, 5.41) is 46.0. The zero-order valence-corrected chi connectivity index (χ0v) is 25.7. The number of aromatic hydroxyl groups is 2. The molecule has 0 bridgehead atoms. The molecule has 3 atom stereocenters. The van der Waals surface area contributed by atoms with Crippen molar-refractivity contribution in [2.75, 3.05) is 23.8 Å². The van der Waals surface area contributed by atoms with Crippen molar-refractivity contribution in [3.05, 3.63) is 59.4 Å². The highest BCUT2D eigenvalue weighted by molar-refractivity contribution is 8.00. The lowest BCUT2D eigenvalue weighted by Gasteiger charge is -2.53. The van der Waals surface area contributed by atoms with E-state index in [1.54, 1.807) is 24.5 Å². The molecular weight excluding hydrogens is 649 g/mol. The van der Waals surface area contributed by atoms with Gasteiger partial charge in [-0.2, -0.15) is 4.57 Å². The number of fused-ring (bicyclic) bond motifs is 1. The molecule has 45 heavy (non-hydrogen) atoms. The molecule has 2 unspecified atom stereocenters. The van der Waals surface area contributed by atoms with Gasteiger partial charge in [0.25, 0.3) is 5.91 Å². The molecule has 0 spiro atoms. The van der Waals surface area contributed by atoms with E-state index in [-0.39, 0.29) is 59.2 Å². The second-order valence-corrected chi connectivity index (χ2v) is 13.2. The van der Waals surface area contributed by atoms with Crippen molar-refractivity contribution >= 4 is 69.5 Å². The highest BCUT2D eigenvalue weighted by Gasteiger charge is 2.57. The second kappa shape index (κ2) is 13.2. The van der Waals surface area contributed by atoms with Crippen molar-refractivity contribution in [3.63, 3.8) is 0 Å². The normalized spacial score (nSPS) is 21.0. The van der Waals surface area contributed by atoms with Gasteiger partial charge in [0.2, 0.25) is 12.5 Å². The molecule has 0 saturated carbocycles. The van der Waals surface area contributed by atoms with Crippen LogP contribution in [0, 0.1) is 5.41 Å². The highest BCUT2D eigenvalue weighted by atomic mass is 32.2. The molecule has 0 radical (unpaired) electrons. The van der Waals surface area contributed by atoms with Crippen LogP contribution in [-0.2, 0) is 37.2 Å². The van der Waals surface area contributed by atoms with Gasteiger partial charge < -0.3 is 41.2 Å². The highest BCUT2D eigenvalue weighted by Crippen LogP contribution is 2.44.